The van der Waals surface area contributed by atoms with Gasteiger partial charge in [-0.2, -0.15) is 0 Å². The van der Waals surface area contributed by atoms with E-state index in [0.717, 1.165) is 25.8 Å². The lowest BCUT2D eigenvalue weighted by atomic mass is 10.0. The van der Waals surface area contributed by atoms with E-state index in [0.29, 0.717) is 25.8 Å². The Morgan fingerprint density at radius 2 is 0.944 bits per heavy atom. The van der Waals surface area contributed by atoms with Crippen molar-refractivity contribution in [3.05, 3.63) is 0 Å². The van der Waals surface area contributed by atoms with Crippen LogP contribution in [0.2, 0.25) is 0 Å². The normalized spacial score (nSPS) is 12.0. The molecule has 0 unspecified atom stereocenters. The molecule has 0 atom stereocenters. The molecule has 0 heterocycles. The highest BCUT2D eigenvalue weighted by Gasteiger charge is 2.20. The molecule has 0 fully saturated rings. The van der Waals surface area contributed by atoms with Crippen LogP contribution in [0.4, 0.5) is 0 Å². The van der Waals surface area contributed by atoms with Crippen LogP contribution in [0, 0.1) is 0 Å². The standard InChI is InChI=1S/C14H32N2O2/c15-12-8-6-4-2-1-3-5-7-10-14(17,18)11-9-13-16/h17-18H,1-13,15-16H2. The molecule has 110 valence electrons. The number of aliphatic hydroxyl groups is 2. The summed E-state index contributed by atoms with van der Waals surface area (Å²) in [5.74, 6) is -1.50. The van der Waals surface area contributed by atoms with Crippen molar-refractivity contribution in [3.8, 4) is 0 Å². The van der Waals surface area contributed by atoms with Crippen LogP contribution in [0.15, 0.2) is 0 Å². The van der Waals surface area contributed by atoms with Crippen LogP contribution in [-0.4, -0.2) is 29.1 Å². The molecule has 0 aromatic heterocycles. The molecule has 4 heteroatoms. The maximum Gasteiger partial charge on any atom is 0.162 e. The summed E-state index contributed by atoms with van der Waals surface area (Å²) in [6.07, 6.45) is 10.9. The highest BCUT2D eigenvalue weighted by Crippen LogP contribution is 2.18. The Bertz CT molecular complexity index is 175. The molecular weight excluding hydrogens is 228 g/mol. The smallest absolute Gasteiger partial charge is 0.162 e. The van der Waals surface area contributed by atoms with Gasteiger partial charge in [0.15, 0.2) is 5.79 Å². The molecule has 0 rings (SSSR count). The van der Waals surface area contributed by atoms with Gasteiger partial charge in [0, 0.05) is 12.8 Å². The lowest BCUT2D eigenvalue weighted by Crippen LogP contribution is -2.28. The molecule has 0 aliphatic rings. The zero-order valence-corrected chi connectivity index (χ0v) is 11.7. The van der Waals surface area contributed by atoms with Crippen LogP contribution in [-0.2, 0) is 0 Å². The SMILES string of the molecule is NCCCCCCCCCCC(O)(O)CCCN. The average Bonchev–Trinajstić information content (AvgIpc) is 2.34. The van der Waals surface area contributed by atoms with E-state index in [4.69, 9.17) is 11.5 Å². The zero-order chi connectivity index (χ0) is 13.7. The fourth-order valence-corrected chi connectivity index (χ4v) is 2.12. The second-order valence-electron chi connectivity index (χ2n) is 5.24. The van der Waals surface area contributed by atoms with Gasteiger partial charge < -0.3 is 21.7 Å². The summed E-state index contributed by atoms with van der Waals surface area (Å²) in [5.41, 5.74) is 10.8. The molecule has 0 spiro atoms. The first kappa shape index (κ1) is 17.8. The summed E-state index contributed by atoms with van der Waals surface area (Å²) in [6, 6.07) is 0. The summed E-state index contributed by atoms with van der Waals surface area (Å²) >= 11 is 0. The second-order valence-corrected chi connectivity index (χ2v) is 5.24. The van der Waals surface area contributed by atoms with Gasteiger partial charge in [0.05, 0.1) is 0 Å². The molecule has 4 nitrogen and oxygen atoms in total. The Morgan fingerprint density at radius 3 is 1.44 bits per heavy atom. The van der Waals surface area contributed by atoms with Crippen LogP contribution in [0.3, 0.4) is 0 Å². The largest absolute Gasteiger partial charge is 0.366 e. The number of nitrogens with two attached hydrogens (primary N) is 2. The van der Waals surface area contributed by atoms with Crippen molar-refractivity contribution in [1.29, 1.82) is 0 Å². The Kier molecular flexibility index (Phi) is 11.8. The number of rotatable bonds is 13. The van der Waals surface area contributed by atoms with E-state index in [1.54, 1.807) is 0 Å². The summed E-state index contributed by atoms with van der Waals surface area (Å²) in [7, 11) is 0. The average molecular weight is 260 g/mol. The highest BCUT2D eigenvalue weighted by molar-refractivity contribution is 4.65. The predicted octanol–water partition coefficient (Wildman–Crippen LogP) is 1.88. The molecule has 0 aromatic carbocycles. The van der Waals surface area contributed by atoms with Gasteiger partial charge in [0.25, 0.3) is 0 Å². The van der Waals surface area contributed by atoms with Crippen molar-refractivity contribution in [2.24, 2.45) is 11.5 Å². The minimum Gasteiger partial charge on any atom is -0.366 e. The highest BCUT2D eigenvalue weighted by atomic mass is 16.5. The molecule has 18 heavy (non-hydrogen) atoms. The van der Waals surface area contributed by atoms with Gasteiger partial charge in [-0.3, -0.25) is 0 Å². The van der Waals surface area contributed by atoms with Gasteiger partial charge in [-0.15, -0.1) is 0 Å². The maximum absolute atomic E-state index is 9.63. The van der Waals surface area contributed by atoms with Crippen LogP contribution in [0.5, 0.6) is 0 Å². The molecule has 0 bridgehead atoms. The van der Waals surface area contributed by atoms with E-state index < -0.39 is 5.79 Å². The molecule has 0 amide bonds. The van der Waals surface area contributed by atoms with Crippen molar-refractivity contribution >= 4 is 0 Å². The van der Waals surface area contributed by atoms with Crippen molar-refractivity contribution < 1.29 is 10.2 Å². The molecular formula is C14H32N2O2. The van der Waals surface area contributed by atoms with E-state index in [1.165, 1.54) is 32.1 Å². The minimum atomic E-state index is -1.50. The van der Waals surface area contributed by atoms with Crippen LogP contribution in [0.1, 0.15) is 70.6 Å². The molecule has 0 saturated carbocycles. The van der Waals surface area contributed by atoms with E-state index >= 15 is 0 Å². The predicted molar refractivity (Wildman–Crippen MR) is 76.1 cm³/mol. The van der Waals surface area contributed by atoms with Crippen LogP contribution in [0.25, 0.3) is 0 Å². The summed E-state index contributed by atoms with van der Waals surface area (Å²) in [4.78, 5) is 0. The van der Waals surface area contributed by atoms with Gasteiger partial charge in [-0.25, -0.2) is 0 Å². The van der Waals surface area contributed by atoms with Crippen LogP contribution < -0.4 is 11.5 Å². The van der Waals surface area contributed by atoms with E-state index in [9.17, 15) is 10.2 Å². The third-order valence-corrected chi connectivity index (χ3v) is 3.31. The summed E-state index contributed by atoms with van der Waals surface area (Å²) in [5, 5.41) is 19.3. The molecule has 0 radical (unpaired) electrons. The van der Waals surface area contributed by atoms with Crippen LogP contribution >= 0.6 is 0 Å². The third-order valence-electron chi connectivity index (χ3n) is 3.31. The van der Waals surface area contributed by atoms with Gasteiger partial charge >= 0.3 is 0 Å². The monoisotopic (exact) mass is 260 g/mol. The quantitative estimate of drug-likeness (QED) is 0.300. The Hall–Kier alpha value is -0.160. The van der Waals surface area contributed by atoms with E-state index in [-0.39, 0.29) is 0 Å². The van der Waals surface area contributed by atoms with E-state index in [2.05, 4.69) is 0 Å². The molecule has 0 aliphatic heterocycles. The second kappa shape index (κ2) is 11.9. The fraction of sp³-hybridized carbons (Fsp3) is 1.00. The summed E-state index contributed by atoms with van der Waals surface area (Å²) < 4.78 is 0. The van der Waals surface area contributed by atoms with Gasteiger partial charge in [-0.05, 0) is 32.4 Å². The number of unbranched alkanes of at least 4 members (excludes halogenated alkanes) is 7. The molecule has 0 aliphatic carbocycles. The first-order chi connectivity index (χ1) is 8.62. The third kappa shape index (κ3) is 12.3. The Labute approximate surface area is 112 Å². The summed E-state index contributed by atoms with van der Waals surface area (Å²) in [6.45, 7) is 1.32. The molecule has 6 N–H and O–H groups in total. The lowest BCUT2D eigenvalue weighted by molar-refractivity contribution is -0.171. The van der Waals surface area contributed by atoms with E-state index in [1.807, 2.05) is 0 Å². The van der Waals surface area contributed by atoms with Gasteiger partial charge in [-0.1, -0.05) is 38.5 Å². The van der Waals surface area contributed by atoms with Crippen molar-refractivity contribution in [2.45, 2.75) is 76.4 Å². The van der Waals surface area contributed by atoms with Gasteiger partial charge in [0.2, 0.25) is 0 Å². The number of hydrogen-bond donors (Lipinski definition) is 4. The maximum atomic E-state index is 9.63. The van der Waals surface area contributed by atoms with Crippen molar-refractivity contribution in [2.75, 3.05) is 13.1 Å². The Morgan fingerprint density at radius 1 is 0.556 bits per heavy atom. The van der Waals surface area contributed by atoms with Crippen molar-refractivity contribution in [1.82, 2.24) is 0 Å². The first-order valence-corrected chi connectivity index (χ1v) is 7.47. The molecule has 0 aromatic rings. The fourth-order valence-electron chi connectivity index (χ4n) is 2.12. The lowest BCUT2D eigenvalue weighted by Gasteiger charge is -2.21. The zero-order valence-electron chi connectivity index (χ0n) is 11.7. The van der Waals surface area contributed by atoms with Gasteiger partial charge in [0.1, 0.15) is 0 Å². The Balaban J connectivity index is 3.23. The first-order valence-electron chi connectivity index (χ1n) is 7.47. The van der Waals surface area contributed by atoms with Crippen molar-refractivity contribution in [3.63, 3.8) is 0 Å². The number of hydrogen-bond acceptors (Lipinski definition) is 4. The minimum absolute atomic E-state index is 0.391. The molecule has 0 saturated heterocycles. The topological polar surface area (TPSA) is 92.5 Å².